The number of imidazole rings is 1. The van der Waals surface area contributed by atoms with Crippen molar-refractivity contribution in [3.63, 3.8) is 0 Å². The van der Waals surface area contributed by atoms with Gasteiger partial charge in [-0.05, 0) is 38.0 Å². The van der Waals surface area contributed by atoms with Crippen LogP contribution in [0.15, 0.2) is 53.6 Å². The van der Waals surface area contributed by atoms with Crippen LogP contribution in [-0.2, 0) is 17.8 Å². The predicted octanol–water partition coefficient (Wildman–Crippen LogP) is 2.98. The first-order chi connectivity index (χ1) is 16.0. The molecule has 0 bridgehead atoms. The second-order valence-electron chi connectivity index (χ2n) is 7.54. The number of fused-ring (bicyclic) bond motifs is 1. The molecular weight excluding hydrogens is 422 g/mol. The van der Waals surface area contributed by atoms with Crippen LogP contribution < -0.4 is 9.88 Å². The van der Waals surface area contributed by atoms with Crippen molar-refractivity contribution in [1.82, 2.24) is 19.9 Å². The Hall–Kier alpha value is -4.01. The second kappa shape index (κ2) is 11.0. The van der Waals surface area contributed by atoms with Crippen molar-refractivity contribution < 1.29 is 23.8 Å². The van der Waals surface area contributed by atoms with Gasteiger partial charge in [0.1, 0.15) is 11.4 Å². The van der Waals surface area contributed by atoms with Crippen LogP contribution in [0.5, 0.6) is 0 Å². The van der Waals surface area contributed by atoms with Gasteiger partial charge < -0.3 is 14.9 Å². The molecule has 0 saturated heterocycles. The predicted molar refractivity (Wildman–Crippen MR) is 122 cm³/mol. The van der Waals surface area contributed by atoms with E-state index in [0.717, 1.165) is 42.1 Å². The number of rotatable bonds is 7. The van der Waals surface area contributed by atoms with Gasteiger partial charge in [-0.1, -0.05) is 18.5 Å². The van der Waals surface area contributed by atoms with Crippen molar-refractivity contribution in [3.05, 3.63) is 71.6 Å². The summed E-state index contributed by atoms with van der Waals surface area (Å²) in [4.78, 5) is 25.4. The lowest BCUT2D eigenvalue weighted by molar-refractivity contribution is -0.694. The number of nitrogens with one attached hydrogen (secondary N) is 1. The van der Waals surface area contributed by atoms with Crippen LogP contribution in [-0.4, -0.2) is 38.6 Å². The number of aryl methyl sites for hydroxylation is 3. The van der Waals surface area contributed by atoms with Crippen molar-refractivity contribution >= 4 is 18.0 Å². The van der Waals surface area contributed by atoms with Gasteiger partial charge >= 0.3 is 0 Å². The van der Waals surface area contributed by atoms with Crippen molar-refractivity contribution in [2.75, 3.05) is 6.54 Å². The van der Waals surface area contributed by atoms with Crippen molar-refractivity contribution in [1.29, 1.82) is 0 Å². The molecule has 0 unspecified atom stereocenters. The molecule has 4 rings (SSSR count). The fourth-order valence-corrected chi connectivity index (χ4v) is 3.65. The van der Waals surface area contributed by atoms with Crippen molar-refractivity contribution in [3.8, 4) is 11.3 Å². The molecule has 0 aliphatic heterocycles. The summed E-state index contributed by atoms with van der Waals surface area (Å²) in [5.41, 5.74) is 5.27. The number of amides is 1. The number of pyridine rings is 2. The lowest BCUT2D eigenvalue weighted by atomic mass is 10.1. The first-order valence-corrected chi connectivity index (χ1v) is 10.7. The quantitative estimate of drug-likeness (QED) is 0.331. The summed E-state index contributed by atoms with van der Waals surface area (Å²) >= 11 is 0. The van der Waals surface area contributed by atoms with Gasteiger partial charge in [0, 0.05) is 23.9 Å². The average Bonchev–Trinajstić information content (AvgIpc) is 3.37. The molecule has 4 aromatic heterocycles. The Bertz CT molecular complexity index is 1210. The highest BCUT2D eigenvalue weighted by atomic mass is 16.5. The Labute approximate surface area is 191 Å². The topological polar surface area (TPSA) is 114 Å². The Kier molecular flexibility index (Phi) is 7.91. The van der Waals surface area contributed by atoms with E-state index >= 15 is 0 Å². The third-order valence-corrected chi connectivity index (χ3v) is 5.22. The highest BCUT2D eigenvalue weighted by molar-refractivity contribution is 5.95. The summed E-state index contributed by atoms with van der Waals surface area (Å²) in [6, 6.07) is 7.87. The molecule has 9 nitrogen and oxygen atoms in total. The fourth-order valence-electron chi connectivity index (χ4n) is 3.65. The minimum Gasteiger partial charge on any atom is -0.483 e. The molecule has 0 saturated carbocycles. The molecule has 0 radical (unpaired) electrons. The van der Waals surface area contributed by atoms with Gasteiger partial charge in [0.25, 0.3) is 12.4 Å². The van der Waals surface area contributed by atoms with E-state index in [9.17, 15) is 4.79 Å². The third-order valence-electron chi connectivity index (χ3n) is 5.22. The number of carbonyl (C=O) groups excluding carboxylic acids is 1. The minimum absolute atomic E-state index is 0.109. The molecule has 0 aliphatic rings. The minimum atomic E-state index is -0.250. The molecule has 9 heteroatoms. The standard InChI is InChI=1S/C23H25N5O2.CH2O2/c1-4-5-18-6-10-27(11-7-18)13-9-24-23(29)19-8-12-28-20(15-25-21(28)14-19)22-16(2)26-30-17(22)3;2-1-3/h6-8,10-12,14-15H,4-5,9,13H2,1-3H3;1H,(H,2,3)/p+1. The summed E-state index contributed by atoms with van der Waals surface area (Å²) in [5.74, 6) is 0.638. The molecule has 0 atom stereocenters. The van der Waals surface area contributed by atoms with E-state index in [2.05, 4.69) is 51.5 Å². The lowest BCUT2D eigenvalue weighted by Crippen LogP contribution is -2.40. The van der Waals surface area contributed by atoms with Crippen LogP contribution in [0.4, 0.5) is 0 Å². The maximum Gasteiger partial charge on any atom is 0.290 e. The average molecular weight is 451 g/mol. The first kappa shape index (κ1) is 23.6. The van der Waals surface area contributed by atoms with Gasteiger partial charge in [0.05, 0.1) is 29.7 Å². The summed E-state index contributed by atoms with van der Waals surface area (Å²) in [6.07, 6.45) is 9.99. The maximum absolute atomic E-state index is 12.6. The summed E-state index contributed by atoms with van der Waals surface area (Å²) in [5, 5.41) is 13.9. The van der Waals surface area contributed by atoms with E-state index in [1.807, 2.05) is 24.4 Å². The van der Waals surface area contributed by atoms with Gasteiger partial charge in [0.15, 0.2) is 18.9 Å². The number of carbonyl (C=O) groups is 2. The fraction of sp³-hybridized carbons (Fsp3) is 0.292. The number of hydrogen-bond acceptors (Lipinski definition) is 5. The molecule has 0 spiro atoms. The van der Waals surface area contributed by atoms with E-state index < -0.39 is 0 Å². The van der Waals surface area contributed by atoms with Gasteiger partial charge in [0.2, 0.25) is 0 Å². The normalized spacial score (nSPS) is 10.5. The van der Waals surface area contributed by atoms with Gasteiger partial charge in [-0.3, -0.25) is 14.0 Å². The Morgan fingerprint density at radius 3 is 2.64 bits per heavy atom. The van der Waals surface area contributed by atoms with Gasteiger partial charge in [-0.25, -0.2) is 9.55 Å². The van der Waals surface area contributed by atoms with Crippen LogP contribution in [0, 0.1) is 13.8 Å². The number of carboxylic acid groups (broad SMARTS) is 1. The molecule has 4 aromatic rings. The second-order valence-corrected chi connectivity index (χ2v) is 7.54. The van der Waals surface area contributed by atoms with E-state index in [1.54, 1.807) is 18.3 Å². The van der Waals surface area contributed by atoms with E-state index in [0.29, 0.717) is 17.8 Å². The van der Waals surface area contributed by atoms with Gasteiger partial charge in [-0.2, -0.15) is 0 Å². The molecule has 0 fully saturated rings. The highest BCUT2D eigenvalue weighted by Crippen LogP contribution is 2.27. The van der Waals surface area contributed by atoms with Crippen LogP contribution in [0.2, 0.25) is 0 Å². The molecule has 1 amide bonds. The third kappa shape index (κ3) is 5.62. The molecule has 2 N–H and O–H groups in total. The number of hydrogen-bond donors (Lipinski definition) is 2. The largest absolute Gasteiger partial charge is 0.483 e. The van der Waals surface area contributed by atoms with Crippen LogP contribution in [0.25, 0.3) is 16.9 Å². The molecule has 33 heavy (non-hydrogen) atoms. The number of aromatic nitrogens is 4. The molecule has 4 heterocycles. The van der Waals surface area contributed by atoms with Crippen LogP contribution in [0.1, 0.15) is 40.7 Å². The molecule has 0 aromatic carbocycles. The summed E-state index contributed by atoms with van der Waals surface area (Å²) < 4.78 is 9.29. The van der Waals surface area contributed by atoms with Crippen LogP contribution in [0.3, 0.4) is 0 Å². The Morgan fingerprint density at radius 1 is 1.27 bits per heavy atom. The van der Waals surface area contributed by atoms with Crippen LogP contribution >= 0.6 is 0 Å². The maximum atomic E-state index is 12.6. The monoisotopic (exact) mass is 450 g/mol. The lowest BCUT2D eigenvalue weighted by Gasteiger charge is -2.06. The van der Waals surface area contributed by atoms with E-state index in [-0.39, 0.29) is 12.4 Å². The summed E-state index contributed by atoms with van der Waals surface area (Å²) in [6.45, 7) is 6.99. The molecule has 172 valence electrons. The van der Waals surface area contributed by atoms with E-state index in [4.69, 9.17) is 14.4 Å². The smallest absolute Gasteiger partial charge is 0.290 e. The van der Waals surface area contributed by atoms with Gasteiger partial charge in [-0.15, -0.1) is 0 Å². The molecular formula is C24H28N5O4+. The Morgan fingerprint density at radius 2 is 2.00 bits per heavy atom. The zero-order chi connectivity index (χ0) is 23.8. The zero-order valence-corrected chi connectivity index (χ0v) is 19.0. The summed E-state index contributed by atoms with van der Waals surface area (Å²) in [7, 11) is 0. The zero-order valence-electron chi connectivity index (χ0n) is 19.0. The van der Waals surface area contributed by atoms with E-state index in [1.165, 1.54) is 5.56 Å². The highest BCUT2D eigenvalue weighted by Gasteiger charge is 2.17. The SMILES string of the molecule is CCCc1cc[n+](CCNC(=O)c2ccn3c(-c4c(C)noc4C)cnc3c2)cc1.O=CO. The molecule has 0 aliphatic carbocycles. The van der Waals surface area contributed by atoms with Crippen molar-refractivity contribution in [2.24, 2.45) is 0 Å². The van der Waals surface area contributed by atoms with Crippen molar-refractivity contribution in [2.45, 2.75) is 40.2 Å². The Balaban J connectivity index is 0.000000968. The first-order valence-electron chi connectivity index (χ1n) is 10.7. The number of nitrogens with zero attached hydrogens (tertiary/aromatic N) is 4.